The molecule has 0 spiro atoms. The molecule has 4 rings (SSSR count). The lowest BCUT2D eigenvalue weighted by Gasteiger charge is -2.15. The molecular weight excluding hydrogens is 496 g/mol. The van der Waals surface area contributed by atoms with Crippen molar-refractivity contribution in [2.24, 2.45) is 0 Å². The molecule has 1 unspecified atom stereocenters. The average molecular weight is 521 g/mol. The molecule has 0 saturated carbocycles. The van der Waals surface area contributed by atoms with Gasteiger partial charge in [-0.3, -0.25) is 10.1 Å². The topological polar surface area (TPSA) is 111 Å². The van der Waals surface area contributed by atoms with Gasteiger partial charge in [-0.25, -0.2) is 4.79 Å². The van der Waals surface area contributed by atoms with Crippen LogP contribution in [0, 0.1) is 6.92 Å². The van der Waals surface area contributed by atoms with E-state index < -0.39 is 18.2 Å². The number of rotatable bonds is 9. The van der Waals surface area contributed by atoms with Gasteiger partial charge in [0.05, 0.1) is 6.42 Å². The van der Waals surface area contributed by atoms with Gasteiger partial charge in [0.25, 0.3) is 0 Å². The van der Waals surface area contributed by atoms with Crippen molar-refractivity contribution in [2.45, 2.75) is 33.0 Å². The third-order valence-electron chi connectivity index (χ3n) is 5.63. The van der Waals surface area contributed by atoms with Gasteiger partial charge in [0.15, 0.2) is 5.76 Å². The molecule has 0 aliphatic carbocycles. The summed E-state index contributed by atoms with van der Waals surface area (Å²) >= 11 is 6.20. The molecule has 0 aliphatic heterocycles. The molecule has 4 aromatic rings. The number of carbonyl (C=O) groups is 2. The van der Waals surface area contributed by atoms with E-state index in [0.717, 1.165) is 11.1 Å². The van der Waals surface area contributed by atoms with Gasteiger partial charge in [0.1, 0.15) is 29.8 Å². The average Bonchev–Trinajstić information content (AvgIpc) is 3.23. The Bertz CT molecular complexity index is 1380. The maximum absolute atomic E-state index is 12.6. The molecule has 37 heavy (non-hydrogen) atoms. The van der Waals surface area contributed by atoms with Crippen LogP contribution in [-0.2, 0) is 22.6 Å². The molecule has 1 atom stereocenters. The number of benzene rings is 3. The van der Waals surface area contributed by atoms with Gasteiger partial charge < -0.3 is 19.1 Å². The van der Waals surface area contributed by atoms with Gasteiger partial charge in [-0.15, -0.1) is 0 Å². The van der Waals surface area contributed by atoms with E-state index >= 15 is 0 Å². The minimum atomic E-state index is -0.877. The number of ether oxygens (including phenoxy) is 2. The standard InChI is InChI=1S/C28H25ClN2O6/c1-17(23-5-3-4-6-24(23)29)36-28(34)30-26-18(2)37-31-27(26)21-11-7-20(8-12-21)16-35-22-13-9-19(10-14-22)15-25(32)33/h3-14,17H,15-16H2,1-2H3,(H,30,34)(H,32,33). The minimum Gasteiger partial charge on any atom is -0.489 e. The second-order valence-electron chi connectivity index (χ2n) is 8.36. The fraction of sp³-hybridized carbons (Fsp3) is 0.179. The second-order valence-corrected chi connectivity index (χ2v) is 8.76. The zero-order chi connectivity index (χ0) is 26.4. The van der Waals surface area contributed by atoms with E-state index in [9.17, 15) is 9.59 Å². The van der Waals surface area contributed by atoms with Crippen LogP contribution >= 0.6 is 11.6 Å². The summed E-state index contributed by atoms with van der Waals surface area (Å²) in [5, 5.41) is 16.2. The third kappa shape index (κ3) is 6.68. The van der Waals surface area contributed by atoms with Gasteiger partial charge in [-0.2, -0.15) is 0 Å². The Morgan fingerprint density at radius 2 is 1.70 bits per heavy atom. The number of nitrogens with zero attached hydrogens (tertiary/aromatic N) is 1. The van der Waals surface area contributed by atoms with Crippen LogP contribution in [0.25, 0.3) is 11.3 Å². The maximum Gasteiger partial charge on any atom is 0.412 e. The second kappa shape index (κ2) is 11.6. The van der Waals surface area contributed by atoms with Crippen LogP contribution in [0.1, 0.15) is 35.5 Å². The summed E-state index contributed by atoms with van der Waals surface area (Å²) in [5.74, 6) is 0.204. The van der Waals surface area contributed by atoms with Crippen LogP contribution in [-0.4, -0.2) is 22.3 Å². The van der Waals surface area contributed by atoms with E-state index in [-0.39, 0.29) is 6.42 Å². The number of hydrogen-bond donors (Lipinski definition) is 2. The highest BCUT2D eigenvalue weighted by Gasteiger charge is 2.20. The Morgan fingerprint density at radius 1 is 1.03 bits per heavy atom. The number of aryl methyl sites for hydroxylation is 1. The number of aromatic nitrogens is 1. The molecule has 0 aliphatic rings. The molecule has 8 nitrogen and oxygen atoms in total. The van der Waals surface area contributed by atoms with Crippen LogP contribution in [0.15, 0.2) is 77.3 Å². The fourth-order valence-electron chi connectivity index (χ4n) is 3.68. The molecular formula is C28H25ClN2O6. The highest BCUT2D eigenvalue weighted by molar-refractivity contribution is 6.31. The third-order valence-corrected chi connectivity index (χ3v) is 5.97. The first-order valence-corrected chi connectivity index (χ1v) is 11.9. The minimum absolute atomic E-state index is 0.0295. The maximum atomic E-state index is 12.6. The lowest BCUT2D eigenvalue weighted by Crippen LogP contribution is -2.17. The molecule has 0 fully saturated rings. The highest BCUT2D eigenvalue weighted by Crippen LogP contribution is 2.31. The number of halogens is 1. The quantitative estimate of drug-likeness (QED) is 0.249. The smallest absolute Gasteiger partial charge is 0.412 e. The van der Waals surface area contributed by atoms with E-state index in [0.29, 0.717) is 45.6 Å². The van der Waals surface area contributed by atoms with E-state index in [1.54, 1.807) is 50.2 Å². The Morgan fingerprint density at radius 3 is 2.38 bits per heavy atom. The van der Waals surface area contributed by atoms with Crippen molar-refractivity contribution in [1.29, 1.82) is 0 Å². The number of carboxylic acids is 1. The van der Waals surface area contributed by atoms with Crippen molar-refractivity contribution >= 4 is 29.4 Å². The molecule has 1 aromatic heterocycles. The van der Waals surface area contributed by atoms with Crippen LogP contribution in [0.2, 0.25) is 5.02 Å². The van der Waals surface area contributed by atoms with E-state index in [4.69, 9.17) is 30.7 Å². The Kier molecular flexibility index (Phi) is 8.10. The number of nitrogens with one attached hydrogen (secondary N) is 1. The zero-order valence-corrected chi connectivity index (χ0v) is 21.0. The van der Waals surface area contributed by atoms with Crippen LogP contribution in [0.5, 0.6) is 5.75 Å². The molecule has 0 radical (unpaired) electrons. The van der Waals surface area contributed by atoms with E-state index in [2.05, 4.69) is 10.5 Å². The number of carboxylic acid groups (broad SMARTS) is 1. The van der Waals surface area contributed by atoms with Crippen molar-refractivity contribution in [3.8, 4) is 17.0 Å². The lowest BCUT2D eigenvalue weighted by atomic mass is 10.1. The van der Waals surface area contributed by atoms with Crippen LogP contribution in [0.3, 0.4) is 0 Å². The first-order valence-electron chi connectivity index (χ1n) is 11.5. The van der Waals surface area contributed by atoms with Crippen molar-refractivity contribution in [3.05, 3.63) is 100 Å². The Labute approximate surface area is 218 Å². The lowest BCUT2D eigenvalue weighted by molar-refractivity contribution is -0.136. The predicted molar refractivity (Wildman–Crippen MR) is 139 cm³/mol. The molecule has 0 saturated heterocycles. The Hall–Kier alpha value is -4.30. The zero-order valence-electron chi connectivity index (χ0n) is 20.2. The van der Waals surface area contributed by atoms with Crippen molar-refractivity contribution < 1.29 is 28.7 Å². The summed E-state index contributed by atoms with van der Waals surface area (Å²) in [6, 6.07) is 21.6. The van der Waals surface area contributed by atoms with Gasteiger partial charge in [-0.05, 0) is 43.2 Å². The summed E-state index contributed by atoms with van der Waals surface area (Å²) in [6.45, 7) is 3.77. The van der Waals surface area contributed by atoms with Crippen molar-refractivity contribution in [2.75, 3.05) is 5.32 Å². The largest absolute Gasteiger partial charge is 0.489 e. The summed E-state index contributed by atoms with van der Waals surface area (Å²) in [4.78, 5) is 23.4. The Balaban J connectivity index is 1.38. The molecule has 3 aromatic carbocycles. The molecule has 1 amide bonds. The summed E-state index contributed by atoms with van der Waals surface area (Å²) in [6.07, 6.45) is -1.23. The summed E-state index contributed by atoms with van der Waals surface area (Å²) in [7, 11) is 0. The van der Waals surface area contributed by atoms with Crippen molar-refractivity contribution in [3.63, 3.8) is 0 Å². The number of carbonyl (C=O) groups excluding carboxylic acids is 1. The first kappa shape index (κ1) is 25.8. The van der Waals surface area contributed by atoms with Gasteiger partial charge >= 0.3 is 12.1 Å². The number of amides is 1. The number of anilines is 1. The van der Waals surface area contributed by atoms with Gasteiger partial charge in [0, 0.05) is 16.1 Å². The van der Waals surface area contributed by atoms with Crippen molar-refractivity contribution in [1.82, 2.24) is 5.16 Å². The molecule has 2 N–H and O–H groups in total. The summed E-state index contributed by atoms with van der Waals surface area (Å²) < 4.78 is 16.6. The molecule has 190 valence electrons. The summed E-state index contributed by atoms with van der Waals surface area (Å²) in [5.41, 5.74) is 3.96. The normalized spacial score (nSPS) is 11.5. The number of aliphatic carboxylic acids is 1. The highest BCUT2D eigenvalue weighted by atomic mass is 35.5. The molecule has 9 heteroatoms. The molecule has 1 heterocycles. The van der Waals surface area contributed by atoms with Gasteiger partial charge in [0.2, 0.25) is 0 Å². The van der Waals surface area contributed by atoms with E-state index in [1.165, 1.54) is 0 Å². The SMILES string of the molecule is Cc1onc(-c2ccc(COc3ccc(CC(=O)O)cc3)cc2)c1NC(=O)OC(C)c1ccccc1Cl. The van der Waals surface area contributed by atoms with Crippen LogP contribution in [0.4, 0.5) is 10.5 Å². The molecule has 0 bridgehead atoms. The first-order chi connectivity index (χ1) is 17.8. The predicted octanol–water partition coefficient (Wildman–Crippen LogP) is 6.82. The fourth-order valence-corrected chi connectivity index (χ4v) is 3.97. The number of hydrogen-bond acceptors (Lipinski definition) is 6. The van der Waals surface area contributed by atoms with E-state index in [1.807, 2.05) is 36.4 Å². The van der Waals surface area contributed by atoms with Gasteiger partial charge in [-0.1, -0.05) is 71.4 Å². The monoisotopic (exact) mass is 520 g/mol. The van der Waals surface area contributed by atoms with Crippen LogP contribution < -0.4 is 10.1 Å².